The van der Waals surface area contributed by atoms with E-state index >= 15 is 0 Å². The third-order valence-corrected chi connectivity index (χ3v) is 4.54. The molecule has 1 saturated heterocycles. The van der Waals surface area contributed by atoms with Crippen molar-refractivity contribution in [3.05, 3.63) is 59.7 Å². The van der Waals surface area contributed by atoms with E-state index in [-0.39, 0.29) is 0 Å². The molecule has 1 fully saturated rings. The highest BCUT2D eigenvalue weighted by Gasteiger charge is 2.38. The number of benzene rings is 1. The Labute approximate surface area is 139 Å². The largest absolute Gasteiger partial charge is 0.461 e. The molecular weight excluding hydrogens is 306 g/mol. The van der Waals surface area contributed by atoms with E-state index in [1.54, 1.807) is 18.4 Å². The third kappa shape index (κ3) is 2.74. The summed E-state index contributed by atoms with van der Waals surface area (Å²) >= 11 is 0. The van der Waals surface area contributed by atoms with Gasteiger partial charge in [-0.2, -0.15) is 4.98 Å². The zero-order valence-electron chi connectivity index (χ0n) is 13.5. The number of aromatic nitrogens is 2. The summed E-state index contributed by atoms with van der Waals surface area (Å²) in [5.41, 5.74) is 1.28. The van der Waals surface area contributed by atoms with Gasteiger partial charge in [0.15, 0.2) is 5.76 Å². The molecule has 0 amide bonds. The van der Waals surface area contributed by atoms with E-state index in [1.807, 2.05) is 31.2 Å². The van der Waals surface area contributed by atoms with Gasteiger partial charge in [-0.3, -0.25) is 4.90 Å². The summed E-state index contributed by atoms with van der Waals surface area (Å²) in [4.78, 5) is 6.49. The lowest BCUT2D eigenvalue weighted by Gasteiger charge is -2.25. The van der Waals surface area contributed by atoms with E-state index < -0.39 is 5.60 Å². The van der Waals surface area contributed by atoms with Crippen molar-refractivity contribution >= 4 is 0 Å². The van der Waals surface area contributed by atoms with Crippen molar-refractivity contribution in [2.75, 3.05) is 13.1 Å². The predicted molar refractivity (Wildman–Crippen MR) is 87.0 cm³/mol. The normalized spacial score (nSPS) is 21.4. The van der Waals surface area contributed by atoms with Gasteiger partial charge in [0.1, 0.15) is 5.60 Å². The number of aryl methyl sites for hydroxylation is 1. The molecule has 4 rings (SSSR count). The zero-order chi connectivity index (χ0) is 16.6. The van der Waals surface area contributed by atoms with E-state index in [1.165, 1.54) is 0 Å². The number of hydrogen-bond acceptors (Lipinski definition) is 6. The first-order valence-electron chi connectivity index (χ1n) is 8.01. The Kier molecular flexibility index (Phi) is 3.70. The summed E-state index contributed by atoms with van der Waals surface area (Å²) in [6.45, 7) is 3.88. The van der Waals surface area contributed by atoms with Crippen molar-refractivity contribution in [1.29, 1.82) is 0 Å². The van der Waals surface area contributed by atoms with E-state index in [2.05, 4.69) is 15.0 Å². The molecular formula is C18H19N3O3. The first-order chi connectivity index (χ1) is 11.6. The molecule has 3 heterocycles. The summed E-state index contributed by atoms with van der Waals surface area (Å²) in [6.07, 6.45) is 2.27. The minimum atomic E-state index is -0.824. The monoisotopic (exact) mass is 325 g/mol. The Morgan fingerprint density at radius 3 is 2.92 bits per heavy atom. The van der Waals surface area contributed by atoms with Gasteiger partial charge in [0.05, 0.1) is 12.8 Å². The van der Waals surface area contributed by atoms with E-state index in [0.717, 1.165) is 17.7 Å². The second kappa shape index (κ2) is 5.89. The first kappa shape index (κ1) is 15.1. The van der Waals surface area contributed by atoms with Gasteiger partial charge < -0.3 is 14.0 Å². The molecule has 124 valence electrons. The van der Waals surface area contributed by atoms with E-state index in [0.29, 0.717) is 37.0 Å². The van der Waals surface area contributed by atoms with Crippen LogP contribution in [0.4, 0.5) is 0 Å². The molecule has 0 spiro atoms. The van der Waals surface area contributed by atoms with Gasteiger partial charge in [-0.15, -0.1) is 0 Å². The molecule has 3 aromatic rings. The maximum atomic E-state index is 11.0. The molecule has 0 aliphatic carbocycles. The van der Waals surface area contributed by atoms with Crippen LogP contribution in [0.15, 0.2) is 51.6 Å². The van der Waals surface area contributed by atoms with E-state index in [4.69, 9.17) is 8.94 Å². The molecule has 1 aliphatic rings. The Bertz CT molecular complexity index is 828. The number of aliphatic hydroxyl groups is 1. The summed E-state index contributed by atoms with van der Waals surface area (Å²) in [7, 11) is 0. The van der Waals surface area contributed by atoms with Crippen LogP contribution in [-0.2, 0) is 12.1 Å². The van der Waals surface area contributed by atoms with E-state index in [9.17, 15) is 5.11 Å². The van der Waals surface area contributed by atoms with Gasteiger partial charge in [-0.1, -0.05) is 29.4 Å². The van der Waals surface area contributed by atoms with Crippen LogP contribution in [0, 0.1) is 6.92 Å². The Balaban J connectivity index is 1.47. The second-order valence-corrected chi connectivity index (χ2v) is 6.30. The molecule has 1 atom stereocenters. The van der Waals surface area contributed by atoms with Crippen LogP contribution in [0.25, 0.3) is 11.6 Å². The molecule has 1 unspecified atom stereocenters. The van der Waals surface area contributed by atoms with Gasteiger partial charge in [-0.25, -0.2) is 0 Å². The first-order valence-corrected chi connectivity index (χ1v) is 8.01. The third-order valence-electron chi connectivity index (χ3n) is 4.54. The highest BCUT2D eigenvalue weighted by molar-refractivity contribution is 5.44. The lowest BCUT2D eigenvalue weighted by molar-refractivity contribution is 0.0435. The minimum absolute atomic E-state index is 0.448. The van der Waals surface area contributed by atoms with Crippen molar-refractivity contribution in [1.82, 2.24) is 15.0 Å². The number of rotatable bonds is 4. The molecule has 1 aliphatic heterocycles. The van der Waals surface area contributed by atoms with Gasteiger partial charge in [0.2, 0.25) is 11.7 Å². The fraction of sp³-hybridized carbons (Fsp3) is 0.333. The Morgan fingerprint density at radius 2 is 2.12 bits per heavy atom. The van der Waals surface area contributed by atoms with Crippen LogP contribution >= 0.6 is 0 Å². The van der Waals surface area contributed by atoms with Crippen molar-refractivity contribution in [2.45, 2.75) is 25.5 Å². The van der Waals surface area contributed by atoms with Crippen LogP contribution in [0.5, 0.6) is 0 Å². The fourth-order valence-electron chi connectivity index (χ4n) is 3.34. The summed E-state index contributed by atoms with van der Waals surface area (Å²) in [6, 6.07) is 11.6. The summed E-state index contributed by atoms with van der Waals surface area (Å²) < 4.78 is 10.6. The number of nitrogens with zero attached hydrogens (tertiary/aromatic N) is 3. The molecule has 1 aromatic carbocycles. The molecule has 24 heavy (non-hydrogen) atoms. The standard InChI is InChI=1S/C18H19N3O3/c1-13-5-2-3-6-14(13)18(22)8-9-21(12-18)11-16-19-17(20-24-16)15-7-4-10-23-15/h2-7,10,22H,8-9,11-12H2,1H3. The van der Waals surface area contributed by atoms with Crippen molar-refractivity contribution < 1.29 is 14.0 Å². The number of furan rings is 1. The number of β-amino-alcohol motifs (C(OH)–C–C–N with tert-alkyl or cyclic N) is 1. The smallest absolute Gasteiger partial charge is 0.241 e. The number of hydrogen-bond donors (Lipinski definition) is 1. The van der Waals surface area contributed by atoms with Gasteiger partial charge in [0.25, 0.3) is 0 Å². The fourth-order valence-corrected chi connectivity index (χ4v) is 3.34. The summed E-state index contributed by atoms with van der Waals surface area (Å²) in [5, 5.41) is 15.0. The van der Waals surface area contributed by atoms with Crippen LogP contribution in [0.2, 0.25) is 0 Å². The van der Waals surface area contributed by atoms with Crippen LogP contribution in [0.1, 0.15) is 23.4 Å². The van der Waals surface area contributed by atoms with Gasteiger partial charge in [0, 0.05) is 13.1 Å². The molecule has 0 saturated carbocycles. The lowest BCUT2D eigenvalue weighted by atomic mass is 9.89. The summed E-state index contributed by atoms with van der Waals surface area (Å²) in [5.74, 6) is 1.56. The van der Waals surface area contributed by atoms with Crippen molar-refractivity contribution in [3.63, 3.8) is 0 Å². The van der Waals surface area contributed by atoms with Crippen LogP contribution < -0.4 is 0 Å². The SMILES string of the molecule is Cc1ccccc1C1(O)CCN(Cc2nc(-c3ccco3)no2)C1. The van der Waals surface area contributed by atoms with Crippen molar-refractivity contribution in [3.8, 4) is 11.6 Å². The van der Waals surface area contributed by atoms with Crippen molar-refractivity contribution in [2.24, 2.45) is 0 Å². The zero-order valence-corrected chi connectivity index (χ0v) is 13.5. The number of likely N-dealkylation sites (tertiary alicyclic amines) is 1. The lowest BCUT2D eigenvalue weighted by Crippen LogP contribution is -2.31. The highest BCUT2D eigenvalue weighted by atomic mass is 16.5. The molecule has 0 bridgehead atoms. The maximum absolute atomic E-state index is 11.0. The van der Waals surface area contributed by atoms with Crippen LogP contribution in [0.3, 0.4) is 0 Å². The predicted octanol–water partition coefficient (Wildman–Crippen LogP) is 2.73. The molecule has 0 radical (unpaired) electrons. The molecule has 2 aromatic heterocycles. The topological polar surface area (TPSA) is 75.5 Å². The second-order valence-electron chi connectivity index (χ2n) is 6.30. The molecule has 1 N–H and O–H groups in total. The average molecular weight is 325 g/mol. The Morgan fingerprint density at radius 1 is 1.25 bits per heavy atom. The highest BCUT2D eigenvalue weighted by Crippen LogP contribution is 2.34. The molecule has 6 heteroatoms. The quantitative estimate of drug-likeness (QED) is 0.795. The van der Waals surface area contributed by atoms with Crippen LogP contribution in [-0.4, -0.2) is 33.2 Å². The van der Waals surface area contributed by atoms with Gasteiger partial charge >= 0.3 is 0 Å². The average Bonchev–Trinajstić information content (AvgIpc) is 3.29. The van der Waals surface area contributed by atoms with Gasteiger partial charge in [-0.05, 0) is 36.6 Å². The Hall–Kier alpha value is -2.44. The molecule has 6 nitrogen and oxygen atoms in total. The maximum Gasteiger partial charge on any atom is 0.241 e. The minimum Gasteiger partial charge on any atom is -0.461 e.